The first-order valence-electron chi connectivity index (χ1n) is 4.69. The van der Waals surface area contributed by atoms with Gasteiger partial charge in [0.1, 0.15) is 5.03 Å². The van der Waals surface area contributed by atoms with E-state index >= 15 is 0 Å². The maximum atomic E-state index is 10.6. The number of thioether (sulfide) groups is 1. The zero-order valence-corrected chi connectivity index (χ0v) is 9.24. The molecule has 0 radical (unpaired) electrons. The second-order valence-corrected chi connectivity index (χ2v) is 4.15. The van der Waals surface area contributed by atoms with Crippen LogP contribution in [0.3, 0.4) is 0 Å². The van der Waals surface area contributed by atoms with Crippen molar-refractivity contribution in [1.82, 2.24) is 5.16 Å². The highest BCUT2D eigenvalue weighted by Crippen LogP contribution is 2.24. The Balaban J connectivity index is 2.11. The molecule has 5 heteroatoms. The van der Waals surface area contributed by atoms with Crippen molar-refractivity contribution in [2.75, 3.05) is 5.75 Å². The zero-order chi connectivity index (χ0) is 11.4. The number of amides is 1. The van der Waals surface area contributed by atoms with E-state index in [2.05, 4.69) is 5.16 Å². The Labute approximate surface area is 96.8 Å². The summed E-state index contributed by atoms with van der Waals surface area (Å²) in [5, 5.41) is 4.51. The van der Waals surface area contributed by atoms with Gasteiger partial charge in [0.15, 0.2) is 5.76 Å². The molecule has 2 N–H and O–H groups in total. The Morgan fingerprint density at radius 3 is 2.81 bits per heavy atom. The SMILES string of the molecule is NC(=O)CSc1cc(-c2ccccc2)on1. The predicted octanol–water partition coefficient (Wildman–Crippen LogP) is 1.92. The Bertz CT molecular complexity index is 482. The second kappa shape index (κ2) is 4.85. The van der Waals surface area contributed by atoms with Crippen molar-refractivity contribution < 1.29 is 9.32 Å². The minimum Gasteiger partial charge on any atom is -0.369 e. The molecule has 4 nitrogen and oxygen atoms in total. The first-order chi connectivity index (χ1) is 7.75. The number of hydrogen-bond acceptors (Lipinski definition) is 4. The third kappa shape index (κ3) is 2.64. The lowest BCUT2D eigenvalue weighted by atomic mass is 10.2. The van der Waals surface area contributed by atoms with Gasteiger partial charge < -0.3 is 10.3 Å². The van der Waals surface area contributed by atoms with Crippen LogP contribution < -0.4 is 5.73 Å². The van der Waals surface area contributed by atoms with E-state index < -0.39 is 0 Å². The standard InChI is InChI=1S/C11H10N2O2S/c12-10(14)7-16-11-6-9(15-13-11)8-4-2-1-3-5-8/h1-6H,7H2,(H2,12,14). The van der Waals surface area contributed by atoms with Gasteiger partial charge in [-0.15, -0.1) is 0 Å². The number of rotatable bonds is 4. The fraction of sp³-hybridized carbons (Fsp3) is 0.0909. The molecule has 1 aromatic heterocycles. The number of benzene rings is 1. The van der Waals surface area contributed by atoms with E-state index in [1.54, 1.807) is 6.07 Å². The normalized spacial score (nSPS) is 10.2. The van der Waals surface area contributed by atoms with E-state index in [1.165, 1.54) is 11.8 Å². The highest BCUT2D eigenvalue weighted by Gasteiger charge is 2.07. The highest BCUT2D eigenvalue weighted by atomic mass is 32.2. The van der Waals surface area contributed by atoms with Gasteiger partial charge in [-0.1, -0.05) is 47.3 Å². The number of hydrogen-bond donors (Lipinski definition) is 1. The zero-order valence-electron chi connectivity index (χ0n) is 8.42. The molecule has 16 heavy (non-hydrogen) atoms. The van der Waals surface area contributed by atoms with E-state index in [1.807, 2.05) is 30.3 Å². The molecule has 0 aliphatic carbocycles. The van der Waals surface area contributed by atoms with E-state index in [0.29, 0.717) is 10.8 Å². The maximum absolute atomic E-state index is 10.6. The molecule has 0 aliphatic rings. The van der Waals surface area contributed by atoms with Gasteiger partial charge in [-0.05, 0) is 0 Å². The molecule has 1 heterocycles. The van der Waals surface area contributed by atoms with Crippen LogP contribution in [0.5, 0.6) is 0 Å². The molecule has 0 spiro atoms. The Hall–Kier alpha value is -1.75. The largest absolute Gasteiger partial charge is 0.369 e. The number of carbonyl (C=O) groups excluding carboxylic acids is 1. The summed E-state index contributed by atoms with van der Waals surface area (Å²) in [5.41, 5.74) is 6.00. The van der Waals surface area contributed by atoms with E-state index in [9.17, 15) is 4.79 Å². The minimum absolute atomic E-state index is 0.209. The van der Waals surface area contributed by atoms with Crippen molar-refractivity contribution >= 4 is 17.7 Å². The topological polar surface area (TPSA) is 69.1 Å². The molecule has 0 atom stereocenters. The summed E-state index contributed by atoms with van der Waals surface area (Å²) in [4.78, 5) is 10.6. The van der Waals surface area contributed by atoms with Gasteiger partial charge in [-0.2, -0.15) is 0 Å². The molecule has 1 amide bonds. The van der Waals surface area contributed by atoms with Crippen LogP contribution in [0.25, 0.3) is 11.3 Å². The second-order valence-electron chi connectivity index (χ2n) is 3.15. The molecule has 0 aliphatic heterocycles. The number of primary amides is 1. The summed E-state index contributed by atoms with van der Waals surface area (Å²) >= 11 is 1.26. The minimum atomic E-state index is -0.366. The monoisotopic (exact) mass is 234 g/mol. The average molecular weight is 234 g/mol. The van der Waals surface area contributed by atoms with Crippen LogP contribution in [0.15, 0.2) is 45.9 Å². The van der Waals surface area contributed by atoms with Gasteiger partial charge in [-0.25, -0.2) is 0 Å². The van der Waals surface area contributed by atoms with E-state index in [0.717, 1.165) is 5.56 Å². The maximum Gasteiger partial charge on any atom is 0.227 e. The molecule has 0 unspecified atom stereocenters. The molecular formula is C11H10N2O2S. The van der Waals surface area contributed by atoms with Crippen LogP contribution in [0.4, 0.5) is 0 Å². The Morgan fingerprint density at radius 2 is 2.12 bits per heavy atom. The number of aromatic nitrogens is 1. The number of nitrogens with two attached hydrogens (primary N) is 1. The number of carbonyl (C=O) groups is 1. The van der Waals surface area contributed by atoms with Crippen LogP contribution in [0.2, 0.25) is 0 Å². The molecule has 0 saturated heterocycles. The van der Waals surface area contributed by atoms with Crippen molar-refractivity contribution in [3.8, 4) is 11.3 Å². The molecule has 0 saturated carbocycles. The summed E-state index contributed by atoms with van der Waals surface area (Å²) in [7, 11) is 0. The summed E-state index contributed by atoms with van der Waals surface area (Å²) < 4.78 is 5.16. The number of nitrogens with zero attached hydrogens (tertiary/aromatic N) is 1. The first kappa shape index (κ1) is 10.8. The van der Waals surface area contributed by atoms with E-state index in [4.69, 9.17) is 10.3 Å². The van der Waals surface area contributed by atoms with Crippen LogP contribution in [-0.4, -0.2) is 16.8 Å². The van der Waals surface area contributed by atoms with Crippen LogP contribution in [0, 0.1) is 0 Å². The smallest absolute Gasteiger partial charge is 0.227 e. The van der Waals surface area contributed by atoms with Gasteiger partial charge in [-0.3, -0.25) is 4.79 Å². The van der Waals surface area contributed by atoms with Crippen molar-refractivity contribution in [2.45, 2.75) is 5.03 Å². The van der Waals surface area contributed by atoms with Crippen molar-refractivity contribution in [1.29, 1.82) is 0 Å². The van der Waals surface area contributed by atoms with Gasteiger partial charge in [0.05, 0.1) is 5.75 Å². The molecular weight excluding hydrogens is 224 g/mol. The lowest BCUT2D eigenvalue weighted by Gasteiger charge is -1.91. The third-order valence-electron chi connectivity index (χ3n) is 1.91. The van der Waals surface area contributed by atoms with Gasteiger partial charge in [0.2, 0.25) is 5.91 Å². The van der Waals surface area contributed by atoms with Gasteiger partial charge >= 0.3 is 0 Å². The molecule has 82 valence electrons. The van der Waals surface area contributed by atoms with Gasteiger partial charge in [0, 0.05) is 11.6 Å². The average Bonchev–Trinajstić information content (AvgIpc) is 2.76. The van der Waals surface area contributed by atoms with Crippen LogP contribution >= 0.6 is 11.8 Å². The van der Waals surface area contributed by atoms with Crippen LogP contribution in [-0.2, 0) is 4.79 Å². The predicted molar refractivity (Wildman–Crippen MR) is 61.9 cm³/mol. The molecule has 1 aromatic carbocycles. The molecule has 2 aromatic rings. The Morgan fingerprint density at radius 1 is 1.38 bits per heavy atom. The first-order valence-corrected chi connectivity index (χ1v) is 5.67. The molecule has 0 bridgehead atoms. The van der Waals surface area contributed by atoms with Crippen molar-refractivity contribution in [3.63, 3.8) is 0 Å². The fourth-order valence-corrected chi connectivity index (χ4v) is 1.78. The van der Waals surface area contributed by atoms with Crippen molar-refractivity contribution in [3.05, 3.63) is 36.4 Å². The molecule has 2 rings (SSSR count). The highest BCUT2D eigenvalue weighted by molar-refractivity contribution is 7.99. The summed E-state index contributed by atoms with van der Waals surface area (Å²) in [6, 6.07) is 11.4. The van der Waals surface area contributed by atoms with Gasteiger partial charge in [0.25, 0.3) is 0 Å². The Kier molecular flexibility index (Phi) is 3.26. The van der Waals surface area contributed by atoms with Crippen molar-refractivity contribution in [2.24, 2.45) is 5.73 Å². The summed E-state index contributed by atoms with van der Waals surface area (Å²) in [5.74, 6) is 0.530. The quantitative estimate of drug-likeness (QED) is 0.820. The van der Waals surface area contributed by atoms with E-state index in [-0.39, 0.29) is 11.7 Å². The lowest BCUT2D eigenvalue weighted by molar-refractivity contribution is -0.115. The summed E-state index contributed by atoms with van der Waals surface area (Å²) in [6.45, 7) is 0. The molecule has 0 fully saturated rings. The third-order valence-corrected chi connectivity index (χ3v) is 2.83. The summed E-state index contributed by atoms with van der Waals surface area (Å²) in [6.07, 6.45) is 0. The lowest BCUT2D eigenvalue weighted by Crippen LogP contribution is -2.12. The van der Waals surface area contributed by atoms with Crippen LogP contribution in [0.1, 0.15) is 0 Å². The fourth-order valence-electron chi connectivity index (χ4n) is 1.21.